The van der Waals surface area contributed by atoms with Crippen LogP contribution in [-0.2, 0) is 9.59 Å². The van der Waals surface area contributed by atoms with Crippen molar-refractivity contribution in [2.45, 2.75) is 6.42 Å². The first-order valence-electron chi connectivity index (χ1n) is 2.57. The van der Waals surface area contributed by atoms with Crippen LogP contribution in [0.2, 0.25) is 0 Å². The molecule has 0 saturated heterocycles. The third-order valence-corrected chi connectivity index (χ3v) is 1.31. The fourth-order valence-electron chi connectivity index (χ4n) is 0.721. The Hall–Kier alpha value is -1.18. The van der Waals surface area contributed by atoms with Crippen LogP contribution in [0.4, 0.5) is 0 Å². The molecule has 2 heteroatoms. The topological polar surface area (TPSA) is 34.1 Å². The molecule has 0 aromatic heterocycles. The molecule has 0 unspecified atom stereocenters. The quantitative estimate of drug-likeness (QED) is 0.349. The number of allylic oxidation sites excluding steroid dienone is 2. The van der Waals surface area contributed by atoms with E-state index in [-0.39, 0.29) is 23.6 Å². The van der Waals surface area contributed by atoms with Gasteiger partial charge in [0.05, 0.1) is 5.57 Å². The van der Waals surface area contributed by atoms with Gasteiger partial charge in [0.1, 0.15) is 0 Å². The maximum atomic E-state index is 10.7. The normalized spacial score (nSPS) is 19.6. The Morgan fingerprint density at radius 2 is 1.78 bits per heavy atom. The van der Waals surface area contributed by atoms with E-state index >= 15 is 0 Å². The zero-order valence-corrected chi connectivity index (χ0v) is 4.94. The van der Waals surface area contributed by atoms with Crippen LogP contribution in [0.15, 0.2) is 24.3 Å². The van der Waals surface area contributed by atoms with Gasteiger partial charge in [-0.1, -0.05) is 13.2 Å². The van der Waals surface area contributed by atoms with Gasteiger partial charge in [-0.3, -0.25) is 9.59 Å². The first kappa shape index (κ1) is 5.95. The Kier molecular flexibility index (Phi) is 1.09. The minimum atomic E-state index is -0.278. The number of carbonyl (C=O) groups excluding carboxylic acids is 2. The number of hydrogen-bond donors (Lipinski definition) is 0. The maximum absolute atomic E-state index is 10.7. The van der Waals surface area contributed by atoms with E-state index in [1.165, 1.54) is 0 Å². The van der Waals surface area contributed by atoms with Crippen LogP contribution in [0.1, 0.15) is 6.42 Å². The summed E-state index contributed by atoms with van der Waals surface area (Å²) in [4.78, 5) is 21.3. The van der Waals surface area contributed by atoms with E-state index < -0.39 is 0 Å². The highest BCUT2D eigenvalue weighted by Gasteiger charge is 2.27. The Morgan fingerprint density at radius 3 is 1.89 bits per heavy atom. The molecule has 1 aliphatic rings. The third kappa shape index (κ3) is 0.721. The highest BCUT2D eigenvalue weighted by molar-refractivity contribution is 6.32. The lowest BCUT2D eigenvalue weighted by Crippen LogP contribution is -1.96. The molecule has 0 heterocycles. The smallest absolute Gasteiger partial charge is 0.191 e. The molecule has 0 aromatic carbocycles. The average molecular weight is 122 g/mol. The summed E-state index contributed by atoms with van der Waals surface area (Å²) in [6.45, 7) is 6.71. The summed E-state index contributed by atoms with van der Waals surface area (Å²) in [7, 11) is 0. The molecule has 1 rings (SSSR count). The van der Waals surface area contributed by atoms with Gasteiger partial charge in [-0.25, -0.2) is 0 Å². The maximum Gasteiger partial charge on any atom is 0.191 e. The minimum Gasteiger partial charge on any atom is -0.294 e. The summed E-state index contributed by atoms with van der Waals surface area (Å²) in [6.07, 6.45) is 0.164. The third-order valence-electron chi connectivity index (χ3n) is 1.31. The molecule has 1 fully saturated rings. The van der Waals surface area contributed by atoms with Crippen LogP contribution in [0.25, 0.3) is 0 Å². The van der Waals surface area contributed by atoms with Crippen molar-refractivity contribution in [1.82, 2.24) is 0 Å². The molecule has 0 aromatic rings. The zero-order valence-electron chi connectivity index (χ0n) is 4.94. The van der Waals surface area contributed by atoms with Crippen LogP contribution >= 0.6 is 0 Å². The molecular formula is C7H6O2. The lowest BCUT2D eigenvalue weighted by Gasteiger charge is -1.82. The Labute approximate surface area is 52.9 Å². The molecule has 2 nitrogen and oxygen atoms in total. The summed E-state index contributed by atoms with van der Waals surface area (Å²) < 4.78 is 0. The second kappa shape index (κ2) is 1.65. The number of carbonyl (C=O) groups is 2. The zero-order chi connectivity index (χ0) is 7.02. The summed E-state index contributed by atoms with van der Waals surface area (Å²) in [6, 6.07) is 0. The van der Waals surface area contributed by atoms with Crippen LogP contribution in [0.5, 0.6) is 0 Å². The highest BCUT2D eigenvalue weighted by atomic mass is 16.2. The fraction of sp³-hybridized carbons (Fsp3) is 0.143. The molecule has 0 aliphatic heterocycles. The second-order valence-electron chi connectivity index (χ2n) is 2.01. The minimum absolute atomic E-state index is 0.0833. The molecule has 0 N–H and O–H groups in total. The van der Waals surface area contributed by atoms with Crippen molar-refractivity contribution < 1.29 is 9.59 Å². The van der Waals surface area contributed by atoms with E-state index in [1.807, 2.05) is 0 Å². The monoisotopic (exact) mass is 122 g/mol. The Morgan fingerprint density at radius 1 is 1.22 bits per heavy atom. The predicted octanol–water partition coefficient (Wildman–Crippen LogP) is 0.641. The summed E-state index contributed by atoms with van der Waals surface area (Å²) in [5.41, 5.74) is 0.449. The van der Waals surface area contributed by atoms with Gasteiger partial charge in [0.25, 0.3) is 0 Å². The van der Waals surface area contributed by atoms with Crippen LogP contribution < -0.4 is 0 Å². The van der Waals surface area contributed by atoms with Crippen molar-refractivity contribution in [3.05, 3.63) is 24.3 Å². The molecule has 9 heavy (non-hydrogen) atoms. The lowest BCUT2D eigenvalue weighted by molar-refractivity contribution is -0.116. The van der Waals surface area contributed by atoms with E-state index in [0.29, 0.717) is 5.57 Å². The summed E-state index contributed by atoms with van der Waals surface area (Å²) in [5, 5.41) is 0. The van der Waals surface area contributed by atoms with Gasteiger partial charge in [0, 0.05) is 12.0 Å². The van der Waals surface area contributed by atoms with Crippen LogP contribution in [0, 0.1) is 0 Å². The molecule has 0 spiro atoms. The first-order valence-corrected chi connectivity index (χ1v) is 2.57. The molecule has 0 atom stereocenters. The number of rotatable bonds is 0. The fourth-order valence-corrected chi connectivity index (χ4v) is 0.721. The van der Waals surface area contributed by atoms with E-state index in [2.05, 4.69) is 13.2 Å². The van der Waals surface area contributed by atoms with Crippen molar-refractivity contribution in [3.63, 3.8) is 0 Å². The largest absolute Gasteiger partial charge is 0.294 e. The molecule has 1 aliphatic carbocycles. The molecule has 0 bridgehead atoms. The average Bonchev–Trinajstić information content (AvgIpc) is 1.98. The van der Waals surface area contributed by atoms with Crippen LogP contribution in [0.3, 0.4) is 0 Å². The number of hydrogen-bond acceptors (Lipinski definition) is 2. The van der Waals surface area contributed by atoms with Gasteiger partial charge in [-0.15, -0.1) is 0 Å². The van der Waals surface area contributed by atoms with Gasteiger partial charge >= 0.3 is 0 Å². The molecule has 0 radical (unpaired) electrons. The summed E-state index contributed by atoms with van der Waals surface area (Å²) >= 11 is 0. The van der Waals surface area contributed by atoms with Crippen molar-refractivity contribution in [2.24, 2.45) is 0 Å². The van der Waals surface area contributed by atoms with E-state index in [9.17, 15) is 9.59 Å². The number of Topliss-reactive ketones (excluding diaryl/α,β-unsaturated/α-hetero) is 2. The Balaban J connectivity index is 3.04. The van der Waals surface area contributed by atoms with Crippen molar-refractivity contribution in [1.29, 1.82) is 0 Å². The van der Waals surface area contributed by atoms with Crippen molar-refractivity contribution >= 4 is 11.6 Å². The van der Waals surface area contributed by atoms with Gasteiger partial charge in [0.2, 0.25) is 0 Å². The molecule has 1 saturated carbocycles. The molecule has 0 amide bonds. The van der Waals surface area contributed by atoms with E-state index in [0.717, 1.165) is 0 Å². The van der Waals surface area contributed by atoms with E-state index in [4.69, 9.17) is 0 Å². The SMILES string of the molecule is C=C1CC(=O)C(=C)C1=O. The van der Waals surface area contributed by atoms with Crippen molar-refractivity contribution in [3.8, 4) is 0 Å². The number of ketones is 2. The van der Waals surface area contributed by atoms with Crippen LogP contribution in [-0.4, -0.2) is 11.6 Å². The molecular weight excluding hydrogens is 116 g/mol. The highest BCUT2D eigenvalue weighted by Crippen LogP contribution is 2.18. The molecule has 46 valence electrons. The first-order chi connectivity index (χ1) is 4.13. The van der Waals surface area contributed by atoms with Gasteiger partial charge in [-0.05, 0) is 0 Å². The summed E-state index contributed by atoms with van der Waals surface area (Å²) in [5.74, 6) is -0.468. The second-order valence-corrected chi connectivity index (χ2v) is 2.01. The van der Waals surface area contributed by atoms with Gasteiger partial charge in [-0.2, -0.15) is 0 Å². The standard InChI is InChI=1S/C7H6O2/c1-4-3-6(8)5(2)7(4)9/h1-3H2. The van der Waals surface area contributed by atoms with E-state index in [1.54, 1.807) is 0 Å². The predicted molar refractivity (Wildman–Crippen MR) is 32.9 cm³/mol. The van der Waals surface area contributed by atoms with Gasteiger partial charge < -0.3 is 0 Å². The Bertz CT molecular complexity index is 199. The lowest BCUT2D eigenvalue weighted by atomic mass is 10.2. The van der Waals surface area contributed by atoms with Gasteiger partial charge in [0.15, 0.2) is 11.6 Å². The van der Waals surface area contributed by atoms with Crippen molar-refractivity contribution in [2.75, 3.05) is 0 Å².